The van der Waals surface area contributed by atoms with Gasteiger partial charge < -0.3 is 4.74 Å². The Morgan fingerprint density at radius 3 is 2.44 bits per heavy atom. The summed E-state index contributed by atoms with van der Waals surface area (Å²) in [4.78, 5) is 39.1. The van der Waals surface area contributed by atoms with Crippen LogP contribution >= 0.6 is 11.6 Å². The van der Waals surface area contributed by atoms with Crippen LogP contribution in [0.3, 0.4) is 0 Å². The number of rotatable bonds is 12. The van der Waals surface area contributed by atoms with Gasteiger partial charge in [0.2, 0.25) is 0 Å². The number of carbonyl (C=O) groups is 3. The predicted octanol–water partition coefficient (Wildman–Crippen LogP) is 3.63. The number of amides is 3. The van der Waals surface area contributed by atoms with E-state index in [1.54, 1.807) is 19.4 Å². The van der Waals surface area contributed by atoms with Crippen molar-refractivity contribution in [3.8, 4) is 0 Å². The Morgan fingerprint density at radius 1 is 1.25 bits per heavy atom. The van der Waals surface area contributed by atoms with E-state index in [4.69, 9.17) is 16.3 Å². The van der Waals surface area contributed by atoms with E-state index >= 15 is 0 Å². The smallest absolute Gasteiger partial charge is 0.308 e. The van der Waals surface area contributed by atoms with Crippen LogP contribution < -0.4 is 4.90 Å². The molecule has 0 spiro atoms. The van der Waals surface area contributed by atoms with Crippen molar-refractivity contribution in [3.63, 3.8) is 0 Å². The number of halogens is 1. The van der Waals surface area contributed by atoms with E-state index in [1.165, 1.54) is 18.1 Å². The molecule has 32 heavy (non-hydrogen) atoms. The summed E-state index contributed by atoms with van der Waals surface area (Å²) in [6.07, 6.45) is 7.46. The SMILES string of the molecule is COC1=CC(=O)N(C(=O)/C(C)=C/[C@H](C)CC/C(=C/Cl)CCC[NH+](C)C(C)=O)C1CC(C)C. The van der Waals surface area contributed by atoms with Crippen LogP contribution in [0, 0.1) is 11.8 Å². The molecule has 0 fully saturated rings. The van der Waals surface area contributed by atoms with E-state index in [0.29, 0.717) is 23.7 Å². The van der Waals surface area contributed by atoms with Crippen LogP contribution in [-0.4, -0.2) is 49.4 Å². The number of ether oxygens (including phenoxy) is 1. The molecule has 1 N–H and O–H groups in total. The Hall–Kier alpha value is -1.92. The molecule has 1 aliphatic heterocycles. The quantitative estimate of drug-likeness (QED) is 0.445. The number of hydrogen-bond donors (Lipinski definition) is 1. The molecule has 3 atom stereocenters. The molecule has 0 saturated carbocycles. The second-order valence-electron chi connectivity index (χ2n) is 9.23. The van der Waals surface area contributed by atoms with Gasteiger partial charge in [-0.15, -0.1) is 0 Å². The molecule has 0 saturated heterocycles. The Kier molecular flexibility index (Phi) is 11.9. The van der Waals surface area contributed by atoms with E-state index in [2.05, 4.69) is 20.8 Å². The Labute approximate surface area is 198 Å². The molecule has 6 nitrogen and oxygen atoms in total. The molecule has 0 aromatic carbocycles. The summed E-state index contributed by atoms with van der Waals surface area (Å²) in [5, 5.41) is 0. The summed E-state index contributed by atoms with van der Waals surface area (Å²) >= 11 is 6.00. The maximum Gasteiger partial charge on any atom is 0.308 e. The molecule has 0 radical (unpaired) electrons. The fourth-order valence-corrected chi connectivity index (χ4v) is 4.07. The Balaban J connectivity index is 2.69. The number of nitrogens with zero attached hydrogens (tertiary/aromatic N) is 1. The van der Waals surface area contributed by atoms with E-state index in [9.17, 15) is 14.4 Å². The first-order valence-electron chi connectivity index (χ1n) is 11.4. The largest absolute Gasteiger partial charge is 0.499 e. The maximum absolute atomic E-state index is 13.1. The molecule has 3 amide bonds. The van der Waals surface area contributed by atoms with E-state index in [1.807, 2.05) is 13.1 Å². The number of hydrogen-bond acceptors (Lipinski definition) is 4. The first-order valence-corrected chi connectivity index (χ1v) is 11.9. The first-order chi connectivity index (χ1) is 15.0. The van der Waals surface area contributed by atoms with E-state index < -0.39 is 0 Å². The third-order valence-corrected chi connectivity index (χ3v) is 6.20. The molecule has 1 rings (SSSR count). The molecule has 0 aromatic rings. The Morgan fingerprint density at radius 2 is 1.91 bits per heavy atom. The van der Waals surface area contributed by atoms with Gasteiger partial charge in [0, 0.05) is 23.6 Å². The number of nitrogens with one attached hydrogen (secondary N) is 1. The van der Waals surface area contributed by atoms with Crippen molar-refractivity contribution in [1.82, 2.24) is 4.90 Å². The molecule has 0 bridgehead atoms. The Bertz CT molecular complexity index is 770. The lowest BCUT2D eigenvalue weighted by molar-refractivity contribution is -0.797. The van der Waals surface area contributed by atoms with Gasteiger partial charge in [-0.05, 0) is 44.4 Å². The van der Waals surface area contributed by atoms with Gasteiger partial charge in [-0.3, -0.25) is 19.4 Å². The van der Waals surface area contributed by atoms with Crippen molar-refractivity contribution < 1.29 is 24.0 Å². The van der Waals surface area contributed by atoms with Gasteiger partial charge in [0.05, 0.1) is 33.7 Å². The minimum atomic E-state index is -0.347. The third kappa shape index (κ3) is 8.55. The topological polar surface area (TPSA) is 68.1 Å². The zero-order valence-corrected chi connectivity index (χ0v) is 21.4. The number of quaternary nitrogens is 1. The molecule has 2 unspecified atom stereocenters. The van der Waals surface area contributed by atoms with Gasteiger partial charge in [0.15, 0.2) is 0 Å². The lowest BCUT2D eigenvalue weighted by Gasteiger charge is -2.26. The highest BCUT2D eigenvalue weighted by Crippen LogP contribution is 2.28. The van der Waals surface area contributed by atoms with Crippen LogP contribution in [-0.2, 0) is 19.1 Å². The minimum Gasteiger partial charge on any atom is -0.499 e. The van der Waals surface area contributed by atoms with Crippen molar-refractivity contribution in [2.75, 3.05) is 20.7 Å². The van der Waals surface area contributed by atoms with Gasteiger partial charge in [-0.25, -0.2) is 4.79 Å². The highest BCUT2D eigenvalue weighted by molar-refractivity contribution is 6.25. The summed E-state index contributed by atoms with van der Waals surface area (Å²) < 4.78 is 5.36. The van der Waals surface area contributed by atoms with Gasteiger partial charge in [0.1, 0.15) is 5.76 Å². The summed E-state index contributed by atoms with van der Waals surface area (Å²) in [7, 11) is 3.41. The second kappa shape index (κ2) is 13.6. The van der Waals surface area contributed by atoms with Crippen LogP contribution in [0.2, 0.25) is 0 Å². The number of imide groups is 1. The van der Waals surface area contributed by atoms with Crippen molar-refractivity contribution in [1.29, 1.82) is 0 Å². The molecule has 1 heterocycles. The van der Waals surface area contributed by atoms with Gasteiger partial charge in [-0.2, -0.15) is 0 Å². The van der Waals surface area contributed by atoms with E-state index in [0.717, 1.165) is 42.7 Å². The molecule has 7 heteroatoms. The summed E-state index contributed by atoms with van der Waals surface area (Å²) in [5.74, 6) is 0.585. The fraction of sp³-hybridized carbons (Fsp3) is 0.640. The van der Waals surface area contributed by atoms with Crippen LogP contribution in [0.25, 0.3) is 0 Å². The summed E-state index contributed by atoms with van der Waals surface area (Å²) in [5.41, 5.74) is 3.34. The van der Waals surface area contributed by atoms with Gasteiger partial charge >= 0.3 is 5.91 Å². The molecular formula is C25H40ClN2O4+. The van der Waals surface area contributed by atoms with Crippen LogP contribution in [0.15, 0.2) is 34.6 Å². The molecule has 180 valence electrons. The highest BCUT2D eigenvalue weighted by atomic mass is 35.5. The molecule has 1 aliphatic rings. The fourth-order valence-electron chi connectivity index (χ4n) is 3.85. The molecular weight excluding hydrogens is 428 g/mol. The zero-order chi connectivity index (χ0) is 24.4. The first kappa shape index (κ1) is 28.1. The monoisotopic (exact) mass is 467 g/mol. The highest BCUT2D eigenvalue weighted by Gasteiger charge is 2.38. The number of carbonyl (C=O) groups excluding carboxylic acids is 3. The standard InChI is InChI=1S/C25H39ClN2O4/c1-17(2)13-22-23(32-7)15-24(30)28(22)25(31)19(4)14-18(3)10-11-21(16-26)9-8-12-27(6)20(5)29/h14-18,22H,8-13H2,1-7H3/p+1/b19-14+,21-16+/t18-,22?/m1/s1. The second-order valence-corrected chi connectivity index (χ2v) is 9.45. The third-order valence-electron chi connectivity index (χ3n) is 5.89. The minimum absolute atomic E-state index is 0.139. The van der Waals surface area contributed by atoms with Crippen LogP contribution in [0.4, 0.5) is 0 Å². The van der Waals surface area contributed by atoms with Crippen LogP contribution in [0.1, 0.15) is 66.7 Å². The zero-order valence-electron chi connectivity index (χ0n) is 20.7. The molecule has 0 aromatic heterocycles. The average molecular weight is 468 g/mol. The lowest BCUT2D eigenvalue weighted by atomic mass is 9.97. The van der Waals surface area contributed by atoms with Gasteiger partial charge in [0.25, 0.3) is 11.8 Å². The lowest BCUT2D eigenvalue weighted by Crippen LogP contribution is -3.11. The van der Waals surface area contributed by atoms with E-state index in [-0.39, 0.29) is 29.7 Å². The summed E-state index contributed by atoms with van der Waals surface area (Å²) in [6, 6.07) is -0.347. The van der Waals surface area contributed by atoms with Crippen LogP contribution in [0.5, 0.6) is 0 Å². The predicted molar refractivity (Wildman–Crippen MR) is 128 cm³/mol. The number of allylic oxidation sites excluding steroid dienone is 2. The van der Waals surface area contributed by atoms with Crippen molar-refractivity contribution in [2.45, 2.75) is 72.8 Å². The average Bonchev–Trinajstić information content (AvgIpc) is 3.03. The van der Waals surface area contributed by atoms with Crippen molar-refractivity contribution >= 4 is 29.3 Å². The van der Waals surface area contributed by atoms with Gasteiger partial charge in [-0.1, -0.05) is 44.0 Å². The molecule has 0 aliphatic carbocycles. The summed E-state index contributed by atoms with van der Waals surface area (Å²) in [6.45, 7) is 10.3. The van der Waals surface area contributed by atoms with Crippen molar-refractivity contribution in [2.24, 2.45) is 11.8 Å². The normalized spacial score (nSPS) is 19.3. The number of methoxy groups -OCH3 is 1. The maximum atomic E-state index is 13.1. The van der Waals surface area contributed by atoms with Crippen molar-refractivity contribution in [3.05, 3.63) is 34.6 Å².